The van der Waals surface area contributed by atoms with E-state index in [-0.39, 0.29) is 6.04 Å². The van der Waals surface area contributed by atoms with Crippen LogP contribution in [0.15, 0.2) is 22.9 Å². The monoisotopic (exact) mass is 302 g/mol. The van der Waals surface area contributed by atoms with E-state index in [1.165, 1.54) is 0 Å². The number of nitrogens with zero attached hydrogens (tertiary/aromatic N) is 1. The molecule has 1 rings (SSSR count). The third kappa shape index (κ3) is 6.73. The van der Waals surface area contributed by atoms with E-state index in [1.54, 1.807) is 13.3 Å². The quantitative estimate of drug-likeness (QED) is 0.744. The van der Waals surface area contributed by atoms with Crippen LogP contribution in [0.25, 0.3) is 0 Å². The lowest BCUT2D eigenvalue weighted by atomic mass is 10.1. The number of hydrogen-bond acceptors (Lipinski definition) is 4. The van der Waals surface area contributed by atoms with Crippen LogP contribution in [0.5, 0.6) is 0 Å². The van der Waals surface area contributed by atoms with E-state index >= 15 is 0 Å². The number of hydrogen-bond donors (Lipinski definition) is 1. The number of rotatable bonds is 8. The third-order valence-corrected chi connectivity index (χ3v) is 2.76. The van der Waals surface area contributed by atoms with Crippen molar-refractivity contribution in [1.29, 1.82) is 0 Å². The maximum Gasteiger partial charge on any atom is 0.0700 e. The van der Waals surface area contributed by atoms with Gasteiger partial charge in [0.05, 0.1) is 13.2 Å². The van der Waals surface area contributed by atoms with Crippen LogP contribution in [-0.2, 0) is 15.9 Å². The average molecular weight is 303 g/mol. The number of halogens is 1. The highest BCUT2D eigenvalue weighted by molar-refractivity contribution is 9.10. The van der Waals surface area contributed by atoms with Crippen molar-refractivity contribution in [1.82, 2.24) is 4.98 Å². The van der Waals surface area contributed by atoms with Crippen LogP contribution in [0.1, 0.15) is 12.0 Å². The van der Waals surface area contributed by atoms with E-state index in [0.717, 1.165) is 22.9 Å². The molecule has 1 heterocycles. The first-order chi connectivity index (χ1) is 8.22. The Labute approximate surface area is 111 Å². The lowest BCUT2D eigenvalue weighted by Crippen LogP contribution is -2.25. The molecule has 0 aliphatic rings. The molecule has 0 spiro atoms. The Bertz CT molecular complexity index is 323. The zero-order valence-electron chi connectivity index (χ0n) is 10.1. The molecule has 0 amide bonds. The summed E-state index contributed by atoms with van der Waals surface area (Å²) in [5, 5.41) is 0. The Hall–Kier alpha value is -0.490. The minimum absolute atomic E-state index is 0.105. The summed E-state index contributed by atoms with van der Waals surface area (Å²) in [5.74, 6) is 0. The highest BCUT2D eigenvalue weighted by Crippen LogP contribution is 2.11. The Morgan fingerprint density at radius 1 is 1.35 bits per heavy atom. The van der Waals surface area contributed by atoms with Gasteiger partial charge in [-0.1, -0.05) is 0 Å². The van der Waals surface area contributed by atoms with Crippen molar-refractivity contribution in [3.05, 3.63) is 28.5 Å². The van der Waals surface area contributed by atoms with E-state index < -0.39 is 0 Å². The molecule has 1 aromatic heterocycles. The van der Waals surface area contributed by atoms with E-state index in [2.05, 4.69) is 20.9 Å². The molecule has 1 atom stereocenters. The molecule has 0 saturated carbocycles. The molecule has 2 N–H and O–H groups in total. The summed E-state index contributed by atoms with van der Waals surface area (Å²) in [5.41, 5.74) is 7.16. The molecular formula is C12H19BrN2O2. The zero-order chi connectivity index (χ0) is 12.5. The van der Waals surface area contributed by atoms with E-state index in [9.17, 15) is 0 Å². The standard InChI is InChI=1S/C12H19BrN2O2/c1-16-4-5-17-3-2-12(14)7-10-6-11(13)9-15-8-10/h6,8-9,12H,2-5,7,14H2,1H3. The maximum atomic E-state index is 6.02. The minimum Gasteiger partial charge on any atom is -0.382 e. The lowest BCUT2D eigenvalue weighted by Gasteiger charge is -2.11. The van der Waals surface area contributed by atoms with Crippen molar-refractivity contribution in [2.75, 3.05) is 26.9 Å². The predicted octanol–water partition coefficient (Wildman–Crippen LogP) is 1.77. The van der Waals surface area contributed by atoms with Crippen molar-refractivity contribution in [2.45, 2.75) is 18.9 Å². The molecule has 0 aliphatic heterocycles. The molecule has 96 valence electrons. The van der Waals surface area contributed by atoms with Gasteiger partial charge in [0.2, 0.25) is 0 Å². The Morgan fingerprint density at radius 3 is 2.88 bits per heavy atom. The Morgan fingerprint density at radius 2 is 2.18 bits per heavy atom. The summed E-state index contributed by atoms with van der Waals surface area (Å²) in [6.07, 6.45) is 5.27. The van der Waals surface area contributed by atoms with Crippen LogP contribution in [0, 0.1) is 0 Å². The van der Waals surface area contributed by atoms with Crippen LogP contribution in [-0.4, -0.2) is 38.0 Å². The van der Waals surface area contributed by atoms with E-state index in [4.69, 9.17) is 15.2 Å². The number of nitrogens with two attached hydrogens (primary N) is 1. The molecule has 5 heteroatoms. The van der Waals surface area contributed by atoms with Crippen molar-refractivity contribution >= 4 is 15.9 Å². The molecule has 0 bridgehead atoms. The molecule has 0 aliphatic carbocycles. The summed E-state index contributed by atoms with van der Waals surface area (Å²) < 4.78 is 11.2. The molecule has 0 aromatic carbocycles. The highest BCUT2D eigenvalue weighted by Gasteiger charge is 2.05. The summed E-state index contributed by atoms with van der Waals surface area (Å²) in [6, 6.07) is 2.15. The molecule has 17 heavy (non-hydrogen) atoms. The highest BCUT2D eigenvalue weighted by atomic mass is 79.9. The smallest absolute Gasteiger partial charge is 0.0700 e. The maximum absolute atomic E-state index is 6.02. The van der Waals surface area contributed by atoms with Gasteiger partial charge in [-0.2, -0.15) is 0 Å². The molecule has 1 unspecified atom stereocenters. The second-order valence-corrected chi connectivity index (χ2v) is 4.79. The summed E-state index contributed by atoms with van der Waals surface area (Å²) in [4.78, 5) is 4.11. The van der Waals surface area contributed by atoms with Gasteiger partial charge in [-0.15, -0.1) is 0 Å². The van der Waals surface area contributed by atoms with Gasteiger partial charge >= 0.3 is 0 Å². The van der Waals surface area contributed by atoms with Crippen molar-refractivity contribution < 1.29 is 9.47 Å². The second kappa shape index (κ2) is 8.58. The van der Waals surface area contributed by atoms with E-state index in [1.807, 2.05) is 12.3 Å². The normalized spacial score (nSPS) is 12.6. The van der Waals surface area contributed by atoms with Crippen LogP contribution in [0.3, 0.4) is 0 Å². The summed E-state index contributed by atoms with van der Waals surface area (Å²) in [7, 11) is 1.66. The third-order valence-electron chi connectivity index (χ3n) is 2.32. The summed E-state index contributed by atoms with van der Waals surface area (Å²) in [6.45, 7) is 1.93. The van der Waals surface area contributed by atoms with E-state index in [0.29, 0.717) is 19.8 Å². The lowest BCUT2D eigenvalue weighted by molar-refractivity contribution is 0.0672. The van der Waals surface area contributed by atoms with Crippen LogP contribution in [0.2, 0.25) is 0 Å². The van der Waals surface area contributed by atoms with Gasteiger partial charge in [0, 0.05) is 36.6 Å². The second-order valence-electron chi connectivity index (χ2n) is 3.87. The van der Waals surface area contributed by atoms with Crippen molar-refractivity contribution in [3.63, 3.8) is 0 Å². The first-order valence-corrected chi connectivity index (χ1v) is 6.43. The molecule has 4 nitrogen and oxygen atoms in total. The summed E-state index contributed by atoms with van der Waals surface area (Å²) >= 11 is 3.39. The fraction of sp³-hybridized carbons (Fsp3) is 0.583. The van der Waals surface area contributed by atoms with Crippen molar-refractivity contribution in [3.8, 4) is 0 Å². The number of methoxy groups -OCH3 is 1. The minimum atomic E-state index is 0.105. The van der Waals surface area contributed by atoms with Gasteiger partial charge in [0.25, 0.3) is 0 Å². The SMILES string of the molecule is COCCOCCC(N)Cc1cncc(Br)c1. The fourth-order valence-corrected chi connectivity index (χ4v) is 1.86. The first kappa shape index (κ1) is 14.6. The van der Waals surface area contributed by atoms with Crippen LogP contribution >= 0.6 is 15.9 Å². The molecule has 0 radical (unpaired) electrons. The largest absolute Gasteiger partial charge is 0.382 e. The Balaban J connectivity index is 2.18. The topological polar surface area (TPSA) is 57.4 Å². The first-order valence-electron chi connectivity index (χ1n) is 5.64. The molecule has 0 saturated heterocycles. The molecular weight excluding hydrogens is 284 g/mol. The van der Waals surface area contributed by atoms with Crippen LogP contribution in [0.4, 0.5) is 0 Å². The van der Waals surface area contributed by atoms with Crippen LogP contribution < -0.4 is 5.73 Å². The Kier molecular flexibility index (Phi) is 7.35. The van der Waals surface area contributed by atoms with Gasteiger partial charge in [-0.05, 0) is 40.4 Å². The number of aromatic nitrogens is 1. The molecule has 1 aromatic rings. The fourth-order valence-electron chi connectivity index (χ4n) is 1.45. The molecule has 0 fully saturated rings. The average Bonchev–Trinajstić information content (AvgIpc) is 2.29. The van der Waals surface area contributed by atoms with Crippen molar-refractivity contribution in [2.24, 2.45) is 5.73 Å². The van der Waals surface area contributed by atoms with Gasteiger partial charge in [-0.25, -0.2) is 0 Å². The van der Waals surface area contributed by atoms with Gasteiger partial charge < -0.3 is 15.2 Å². The van der Waals surface area contributed by atoms with Gasteiger partial charge in [0.1, 0.15) is 0 Å². The van der Waals surface area contributed by atoms with Gasteiger partial charge in [-0.3, -0.25) is 4.98 Å². The zero-order valence-corrected chi connectivity index (χ0v) is 11.6. The number of pyridine rings is 1. The predicted molar refractivity (Wildman–Crippen MR) is 70.9 cm³/mol. The number of ether oxygens (including phenoxy) is 2. The van der Waals surface area contributed by atoms with Gasteiger partial charge in [0.15, 0.2) is 0 Å².